The first-order chi connectivity index (χ1) is 2.89. The third-order valence-corrected chi connectivity index (χ3v) is 0.906. The summed E-state index contributed by atoms with van der Waals surface area (Å²) in [4.78, 5) is 0. The first kappa shape index (κ1) is 4.09. The van der Waals surface area contributed by atoms with Crippen molar-refractivity contribution in [2.24, 2.45) is 0 Å². The van der Waals surface area contributed by atoms with Crippen molar-refractivity contribution < 1.29 is 0 Å². The third-order valence-electron chi connectivity index (χ3n) is 0.906. The van der Waals surface area contributed by atoms with E-state index in [2.05, 4.69) is 17.6 Å². The molecule has 1 unspecified atom stereocenters. The first-order valence-corrected chi connectivity index (χ1v) is 2.17. The van der Waals surface area contributed by atoms with Gasteiger partial charge in [0.25, 0.3) is 0 Å². The Labute approximate surface area is 37.9 Å². The second-order valence-corrected chi connectivity index (χ2v) is 1.53. The van der Waals surface area contributed by atoms with Crippen molar-refractivity contribution >= 4 is 0 Å². The van der Waals surface area contributed by atoms with Crippen molar-refractivity contribution in [1.29, 1.82) is 0 Å². The molecular formula is C4H9N2. The molecule has 1 saturated heterocycles. The number of hydrogen-bond donors (Lipinski definition) is 2. The molecule has 1 aliphatic rings. The summed E-state index contributed by atoms with van der Waals surface area (Å²) in [6.07, 6.45) is 0. The summed E-state index contributed by atoms with van der Waals surface area (Å²) in [5.41, 5.74) is 0. The van der Waals surface area contributed by atoms with E-state index in [1.54, 1.807) is 0 Å². The van der Waals surface area contributed by atoms with Gasteiger partial charge in [-0.25, -0.2) is 0 Å². The maximum absolute atomic E-state index is 3.76. The Kier molecular flexibility index (Phi) is 1.08. The maximum Gasteiger partial charge on any atom is 0.0457 e. The molecule has 0 aromatic heterocycles. The fourth-order valence-corrected chi connectivity index (χ4v) is 0.535. The quantitative estimate of drug-likeness (QED) is 0.408. The highest BCUT2D eigenvalue weighted by Crippen LogP contribution is 1.79. The average molecular weight is 85.1 g/mol. The Hall–Kier alpha value is -0.0800. The molecule has 1 fully saturated rings. The highest BCUT2D eigenvalue weighted by atomic mass is 15.2. The lowest BCUT2D eigenvalue weighted by Crippen LogP contribution is -2.18. The van der Waals surface area contributed by atoms with Gasteiger partial charge in [0.1, 0.15) is 0 Å². The van der Waals surface area contributed by atoms with Crippen LogP contribution in [-0.2, 0) is 0 Å². The highest BCUT2D eigenvalue weighted by Gasteiger charge is 2.04. The van der Waals surface area contributed by atoms with Gasteiger partial charge in [-0.05, 0) is 6.92 Å². The van der Waals surface area contributed by atoms with Crippen LogP contribution in [0, 0.1) is 6.92 Å². The fourth-order valence-electron chi connectivity index (χ4n) is 0.535. The van der Waals surface area contributed by atoms with E-state index >= 15 is 0 Å². The molecule has 1 rings (SSSR count). The van der Waals surface area contributed by atoms with Crippen molar-refractivity contribution in [2.75, 3.05) is 13.2 Å². The third kappa shape index (κ3) is 0.698. The molecule has 1 radical (unpaired) electrons. The molecule has 2 nitrogen and oxygen atoms in total. The standard InChI is InChI=1S/C4H9N2/c1-4-2-5-3-6-4/h4-6H,1-3H2. The molecule has 1 heterocycles. The van der Waals surface area contributed by atoms with Crippen LogP contribution in [0.15, 0.2) is 0 Å². The van der Waals surface area contributed by atoms with Crippen LogP contribution in [0.2, 0.25) is 0 Å². The molecule has 0 amide bonds. The van der Waals surface area contributed by atoms with Gasteiger partial charge < -0.3 is 10.6 Å². The van der Waals surface area contributed by atoms with Gasteiger partial charge >= 0.3 is 0 Å². The van der Waals surface area contributed by atoms with Crippen LogP contribution in [0.5, 0.6) is 0 Å². The smallest absolute Gasteiger partial charge is 0.0457 e. The zero-order chi connectivity index (χ0) is 4.41. The van der Waals surface area contributed by atoms with E-state index in [-0.39, 0.29) is 0 Å². The summed E-state index contributed by atoms with van der Waals surface area (Å²) in [7, 11) is 0. The molecule has 6 heavy (non-hydrogen) atoms. The van der Waals surface area contributed by atoms with Crippen LogP contribution in [-0.4, -0.2) is 19.3 Å². The van der Waals surface area contributed by atoms with Crippen molar-refractivity contribution in [1.82, 2.24) is 10.6 Å². The van der Waals surface area contributed by atoms with E-state index in [9.17, 15) is 0 Å². The van der Waals surface area contributed by atoms with E-state index in [0.717, 1.165) is 13.2 Å². The van der Waals surface area contributed by atoms with Crippen LogP contribution >= 0.6 is 0 Å². The van der Waals surface area contributed by atoms with Gasteiger partial charge in [-0.2, -0.15) is 0 Å². The predicted molar refractivity (Wildman–Crippen MR) is 25.2 cm³/mol. The first-order valence-electron chi connectivity index (χ1n) is 2.17. The van der Waals surface area contributed by atoms with Crippen molar-refractivity contribution in [3.63, 3.8) is 0 Å². The van der Waals surface area contributed by atoms with Crippen molar-refractivity contribution in [3.8, 4) is 0 Å². The summed E-state index contributed by atoms with van der Waals surface area (Å²) in [5, 5.41) is 6.20. The Morgan fingerprint density at radius 1 is 1.67 bits per heavy atom. The molecule has 0 aromatic rings. The topological polar surface area (TPSA) is 24.1 Å². The molecule has 0 aromatic carbocycles. The largest absolute Gasteiger partial charge is 0.303 e. The summed E-state index contributed by atoms with van der Waals surface area (Å²) >= 11 is 0. The highest BCUT2D eigenvalue weighted by molar-refractivity contribution is 4.75. The molecular weight excluding hydrogens is 76.1 g/mol. The second kappa shape index (κ2) is 1.58. The second-order valence-electron chi connectivity index (χ2n) is 1.53. The summed E-state index contributed by atoms with van der Waals surface area (Å²) in [6, 6.07) is 0.435. The Bertz CT molecular complexity index is 38.8. The van der Waals surface area contributed by atoms with Gasteiger partial charge in [-0.1, -0.05) is 0 Å². The van der Waals surface area contributed by atoms with Crippen molar-refractivity contribution in [3.05, 3.63) is 6.92 Å². The zero-order valence-corrected chi connectivity index (χ0v) is 3.70. The molecule has 2 heteroatoms. The molecule has 35 valence electrons. The van der Waals surface area contributed by atoms with Crippen LogP contribution < -0.4 is 10.6 Å². The molecule has 0 aliphatic carbocycles. The fraction of sp³-hybridized carbons (Fsp3) is 0.750. The van der Waals surface area contributed by atoms with Gasteiger partial charge in [0.05, 0.1) is 0 Å². The van der Waals surface area contributed by atoms with Crippen LogP contribution in [0.1, 0.15) is 0 Å². The summed E-state index contributed by atoms with van der Waals surface area (Å²) < 4.78 is 0. The lowest BCUT2D eigenvalue weighted by atomic mass is 10.4. The molecule has 2 N–H and O–H groups in total. The zero-order valence-electron chi connectivity index (χ0n) is 3.70. The lowest BCUT2D eigenvalue weighted by molar-refractivity contribution is 0.747. The molecule has 0 saturated carbocycles. The minimum atomic E-state index is 0.435. The van der Waals surface area contributed by atoms with Crippen molar-refractivity contribution in [2.45, 2.75) is 6.04 Å². The van der Waals surface area contributed by atoms with Gasteiger partial charge in [0.2, 0.25) is 0 Å². The SMILES string of the molecule is [CH2]C1CNCN1. The predicted octanol–water partition coefficient (Wildman–Crippen LogP) is -0.661. The normalized spacial score (nSPS) is 34.5. The number of nitrogens with one attached hydrogen (secondary N) is 2. The minimum absolute atomic E-state index is 0.435. The minimum Gasteiger partial charge on any atom is -0.303 e. The van der Waals surface area contributed by atoms with E-state index in [1.165, 1.54) is 0 Å². The van der Waals surface area contributed by atoms with Crippen LogP contribution in [0.4, 0.5) is 0 Å². The number of rotatable bonds is 0. The molecule has 0 spiro atoms. The Morgan fingerprint density at radius 2 is 2.50 bits per heavy atom. The molecule has 0 bridgehead atoms. The summed E-state index contributed by atoms with van der Waals surface area (Å²) in [6.45, 7) is 5.70. The molecule has 1 atom stereocenters. The molecule has 1 aliphatic heterocycles. The Morgan fingerprint density at radius 3 is 2.67 bits per heavy atom. The Balaban J connectivity index is 2.18. The van der Waals surface area contributed by atoms with Gasteiger partial charge in [0, 0.05) is 19.3 Å². The monoisotopic (exact) mass is 85.1 g/mol. The average Bonchev–Trinajstić information content (AvgIpc) is 1.86. The maximum atomic E-state index is 3.76. The van der Waals surface area contributed by atoms with Crippen LogP contribution in [0.25, 0.3) is 0 Å². The van der Waals surface area contributed by atoms with E-state index in [1.807, 2.05) is 0 Å². The number of hydrogen-bond acceptors (Lipinski definition) is 2. The van der Waals surface area contributed by atoms with Gasteiger partial charge in [-0.3, -0.25) is 0 Å². The lowest BCUT2D eigenvalue weighted by Gasteiger charge is -1.93. The van der Waals surface area contributed by atoms with E-state index < -0.39 is 0 Å². The van der Waals surface area contributed by atoms with Crippen LogP contribution in [0.3, 0.4) is 0 Å². The summed E-state index contributed by atoms with van der Waals surface area (Å²) in [5.74, 6) is 0. The van der Waals surface area contributed by atoms with E-state index in [4.69, 9.17) is 0 Å². The van der Waals surface area contributed by atoms with E-state index in [0.29, 0.717) is 6.04 Å². The van der Waals surface area contributed by atoms with Gasteiger partial charge in [0.15, 0.2) is 0 Å². The van der Waals surface area contributed by atoms with Gasteiger partial charge in [-0.15, -0.1) is 0 Å².